The first-order valence-corrected chi connectivity index (χ1v) is 16.4. The second-order valence-corrected chi connectivity index (χ2v) is 12.7. The Balaban J connectivity index is 1.20. The minimum atomic E-state index is -1.23. The second-order valence-electron chi connectivity index (χ2n) is 12.7. The fraction of sp³-hybridized carbons (Fsp3) is 0.378. The van der Waals surface area contributed by atoms with Crippen molar-refractivity contribution in [3.05, 3.63) is 101 Å². The molecule has 0 saturated carbocycles. The number of hydrogen-bond acceptors (Lipinski definition) is 5. The van der Waals surface area contributed by atoms with Gasteiger partial charge in [0.25, 0.3) is 0 Å². The van der Waals surface area contributed by atoms with E-state index < -0.39 is 41.4 Å². The van der Waals surface area contributed by atoms with E-state index in [1.807, 2.05) is 26.0 Å². The van der Waals surface area contributed by atoms with Crippen LogP contribution in [-0.2, 0) is 4.79 Å². The van der Waals surface area contributed by atoms with Gasteiger partial charge in [-0.1, -0.05) is 62.4 Å². The van der Waals surface area contributed by atoms with Gasteiger partial charge in [0.15, 0.2) is 17.4 Å². The van der Waals surface area contributed by atoms with Crippen LogP contribution in [0.4, 0.5) is 24.1 Å². The standard InChI is InChI=1S/C37H41F2N5O4/c1-23(2)35(46)42-29-12-7-11-27(21-29)25-15-19-43(20-16-25)18-8-17-40-36(47)44-33(28-13-14-30(38)31(39)22-28)32(24(3)41-37(44)48)34(45)26-9-5-4-6-10-26/h4-7,9-14,21-23,25,32-33H,8,15-20H2,1-3H3,(H,40,47)(H,42,46). The molecule has 11 heteroatoms. The third kappa shape index (κ3) is 8.02. The molecule has 2 unspecified atom stereocenters. The molecule has 2 heterocycles. The predicted octanol–water partition coefficient (Wildman–Crippen LogP) is 6.98. The molecule has 3 aromatic rings. The van der Waals surface area contributed by atoms with Crippen molar-refractivity contribution in [3.63, 3.8) is 0 Å². The van der Waals surface area contributed by atoms with Gasteiger partial charge in [0.2, 0.25) is 5.91 Å². The summed E-state index contributed by atoms with van der Waals surface area (Å²) in [5.74, 6) is -3.45. The number of benzene rings is 3. The summed E-state index contributed by atoms with van der Waals surface area (Å²) in [6, 6.07) is 16.6. The van der Waals surface area contributed by atoms with Gasteiger partial charge in [-0.25, -0.2) is 28.3 Å². The first-order chi connectivity index (χ1) is 23.0. The van der Waals surface area contributed by atoms with E-state index >= 15 is 0 Å². The molecule has 0 bridgehead atoms. The van der Waals surface area contributed by atoms with Gasteiger partial charge in [-0.15, -0.1) is 0 Å². The fourth-order valence-electron chi connectivity index (χ4n) is 6.37. The second kappa shape index (κ2) is 15.4. The number of likely N-dealkylation sites (tertiary alicyclic amines) is 1. The summed E-state index contributed by atoms with van der Waals surface area (Å²) in [6.07, 6.45) is 2.53. The van der Waals surface area contributed by atoms with Crippen LogP contribution in [0.2, 0.25) is 0 Å². The molecule has 9 nitrogen and oxygen atoms in total. The molecule has 3 aromatic carbocycles. The number of halogens is 2. The van der Waals surface area contributed by atoms with Gasteiger partial charge in [-0.3, -0.25) is 9.59 Å². The molecule has 5 rings (SSSR count). The van der Waals surface area contributed by atoms with Gasteiger partial charge >= 0.3 is 12.1 Å². The first-order valence-electron chi connectivity index (χ1n) is 16.4. The number of anilines is 1. The highest BCUT2D eigenvalue weighted by atomic mass is 19.2. The summed E-state index contributed by atoms with van der Waals surface area (Å²) >= 11 is 0. The molecule has 1 fully saturated rings. The van der Waals surface area contributed by atoms with Gasteiger partial charge in [0.05, 0.1) is 12.0 Å². The number of urea groups is 2. The van der Waals surface area contributed by atoms with E-state index in [9.17, 15) is 28.0 Å². The summed E-state index contributed by atoms with van der Waals surface area (Å²) in [7, 11) is 0. The number of rotatable bonds is 10. The monoisotopic (exact) mass is 657 g/mol. The molecule has 2 aliphatic rings. The molecule has 0 aromatic heterocycles. The number of piperidine rings is 1. The summed E-state index contributed by atoms with van der Waals surface area (Å²) < 4.78 is 28.3. The van der Waals surface area contributed by atoms with E-state index in [1.54, 1.807) is 30.3 Å². The van der Waals surface area contributed by atoms with Crippen LogP contribution in [-0.4, -0.2) is 65.4 Å². The Kier molecular flexibility index (Phi) is 11.1. The zero-order valence-electron chi connectivity index (χ0n) is 27.4. The van der Waals surface area contributed by atoms with E-state index in [-0.39, 0.29) is 29.6 Å². The number of ketones is 1. The highest BCUT2D eigenvalue weighted by Gasteiger charge is 2.45. The Hall–Kier alpha value is -4.77. The normalized spacial score (nSPS) is 18.8. The lowest BCUT2D eigenvalue weighted by atomic mass is 9.81. The Morgan fingerprint density at radius 1 is 0.917 bits per heavy atom. The van der Waals surface area contributed by atoms with Crippen molar-refractivity contribution in [2.75, 3.05) is 31.5 Å². The Morgan fingerprint density at radius 2 is 1.65 bits per heavy atom. The van der Waals surface area contributed by atoms with Crippen LogP contribution < -0.4 is 10.6 Å². The number of nitrogens with zero attached hydrogens (tertiary/aromatic N) is 3. The molecule has 0 spiro atoms. The maximum atomic E-state index is 14.4. The number of Topliss-reactive ketones (excluding diaryl/α,β-unsaturated/α-hetero) is 1. The van der Waals surface area contributed by atoms with Crippen LogP contribution in [0.5, 0.6) is 0 Å². The zero-order chi connectivity index (χ0) is 34.4. The third-order valence-corrected chi connectivity index (χ3v) is 9.03. The Labute approximate surface area is 279 Å². The van der Waals surface area contributed by atoms with Gasteiger partial charge in [-0.05, 0) is 87.1 Å². The molecule has 48 heavy (non-hydrogen) atoms. The van der Waals surface area contributed by atoms with Crippen LogP contribution in [0.25, 0.3) is 0 Å². The number of carbonyl (C=O) groups excluding carboxylic acids is 4. The number of carbonyl (C=O) groups is 4. The predicted molar refractivity (Wildman–Crippen MR) is 180 cm³/mol. The van der Waals surface area contributed by atoms with E-state index in [0.29, 0.717) is 17.9 Å². The Bertz CT molecular complexity index is 1690. The number of hydrogen-bond donors (Lipinski definition) is 2. The largest absolute Gasteiger partial charge is 0.352 e. The van der Waals surface area contributed by atoms with Crippen molar-refractivity contribution >= 4 is 35.2 Å². The number of aliphatic imine (C=N–C) groups is 1. The quantitative estimate of drug-likeness (QED) is 0.181. The van der Waals surface area contributed by atoms with Crippen LogP contribution >= 0.6 is 0 Å². The summed E-state index contributed by atoms with van der Waals surface area (Å²) in [6.45, 7) is 7.98. The van der Waals surface area contributed by atoms with Crippen molar-refractivity contribution in [1.82, 2.24) is 15.1 Å². The number of nitrogens with one attached hydrogen (secondary N) is 2. The lowest BCUT2D eigenvalue weighted by Gasteiger charge is -2.37. The molecule has 1 saturated heterocycles. The maximum absolute atomic E-state index is 14.4. The van der Waals surface area contributed by atoms with Crippen LogP contribution in [0.15, 0.2) is 77.8 Å². The van der Waals surface area contributed by atoms with E-state index in [2.05, 4.69) is 32.7 Å². The highest BCUT2D eigenvalue weighted by Crippen LogP contribution is 2.37. The molecule has 0 aliphatic carbocycles. The molecule has 0 radical (unpaired) electrons. The fourth-order valence-corrected chi connectivity index (χ4v) is 6.37. The Morgan fingerprint density at radius 3 is 2.33 bits per heavy atom. The van der Waals surface area contributed by atoms with Gasteiger partial charge in [0, 0.05) is 29.4 Å². The third-order valence-electron chi connectivity index (χ3n) is 9.03. The summed E-state index contributed by atoms with van der Waals surface area (Å²) in [4.78, 5) is 59.7. The number of amides is 5. The summed E-state index contributed by atoms with van der Waals surface area (Å²) in [5.41, 5.74) is 2.64. The van der Waals surface area contributed by atoms with Gasteiger partial charge < -0.3 is 15.5 Å². The molecule has 2 atom stereocenters. The lowest BCUT2D eigenvalue weighted by molar-refractivity contribution is -0.118. The van der Waals surface area contributed by atoms with Crippen molar-refractivity contribution < 1.29 is 28.0 Å². The molecular weight excluding hydrogens is 616 g/mol. The van der Waals surface area contributed by atoms with E-state index in [0.717, 1.165) is 55.2 Å². The minimum Gasteiger partial charge on any atom is -0.338 e. The van der Waals surface area contributed by atoms with Gasteiger partial charge in [0.1, 0.15) is 0 Å². The smallest absolute Gasteiger partial charge is 0.338 e. The SMILES string of the molecule is CC1=NC(=O)N(C(=O)NCCCN2CCC(c3cccc(NC(=O)C(C)C)c3)CC2)C(c2ccc(F)c(F)c2)C1C(=O)c1ccccc1. The van der Waals surface area contributed by atoms with E-state index in [4.69, 9.17) is 0 Å². The minimum absolute atomic E-state index is 0.0121. The number of imide groups is 1. The zero-order valence-corrected chi connectivity index (χ0v) is 27.4. The maximum Gasteiger partial charge on any atom is 0.352 e. The molecular formula is C37H41F2N5O4. The van der Waals surface area contributed by atoms with Crippen molar-refractivity contribution in [1.29, 1.82) is 0 Å². The van der Waals surface area contributed by atoms with Crippen LogP contribution in [0.1, 0.15) is 73.5 Å². The van der Waals surface area contributed by atoms with Crippen molar-refractivity contribution in [2.45, 2.75) is 52.0 Å². The van der Waals surface area contributed by atoms with Crippen LogP contribution in [0, 0.1) is 23.5 Å². The lowest BCUT2D eigenvalue weighted by Crippen LogP contribution is -2.52. The highest BCUT2D eigenvalue weighted by molar-refractivity contribution is 6.17. The van der Waals surface area contributed by atoms with Crippen molar-refractivity contribution in [3.8, 4) is 0 Å². The van der Waals surface area contributed by atoms with Crippen LogP contribution in [0.3, 0.4) is 0 Å². The molecule has 2 N–H and O–H groups in total. The molecule has 2 aliphatic heterocycles. The average molecular weight is 658 g/mol. The topological polar surface area (TPSA) is 111 Å². The summed E-state index contributed by atoms with van der Waals surface area (Å²) in [5, 5.41) is 5.75. The molecule has 5 amide bonds. The van der Waals surface area contributed by atoms with E-state index in [1.165, 1.54) is 18.6 Å². The van der Waals surface area contributed by atoms with Crippen molar-refractivity contribution in [2.24, 2.45) is 16.8 Å². The van der Waals surface area contributed by atoms with Gasteiger partial charge in [-0.2, -0.15) is 0 Å². The molecule has 252 valence electrons. The average Bonchev–Trinajstić information content (AvgIpc) is 3.08. The first kappa shape index (κ1) is 34.6.